The highest BCUT2D eigenvalue weighted by molar-refractivity contribution is 5.30. The first-order valence-corrected chi connectivity index (χ1v) is 19.6. The highest BCUT2D eigenvalue weighted by atomic mass is 16.3. The minimum atomic E-state index is -0.149. The van der Waals surface area contributed by atoms with Crippen molar-refractivity contribution in [1.29, 1.82) is 0 Å². The Morgan fingerprint density at radius 1 is 0.622 bits per heavy atom. The maximum atomic E-state index is 9.88. The predicted molar refractivity (Wildman–Crippen MR) is 189 cm³/mol. The monoisotopic (exact) mass is 625 g/mol. The minimum Gasteiger partial charge on any atom is -0.392 e. The Morgan fingerprint density at radius 3 is 1.60 bits per heavy atom. The van der Waals surface area contributed by atoms with Gasteiger partial charge in [0.15, 0.2) is 18.1 Å². The van der Waals surface area contributed by atoms with Gasteiger partial charge in [0.1, 0.15) is 0 Å². The van der Waals surface area contributed by atoms with Crippen LogP contribution in [0, 0.1) is 0 Å². The quantitative estimate of drug-likeness (QED) is 0.0777. The molecule has 5 heteroatoms. The molecule has 4 N–H and O–H groups in total. The third kappa shape index (κ3) is 13.4. The number of rotatable bonds is 22. The molecule has 6 atom stereocenters. The van der Waals surface area contributed by atoms with Crippen molar-refractivity contribution >= 4 is 6.20 Å². The van der Waals surface area contributed by atoms with Crippen LogP contribution in [0.1, 0.15) is 172 Å². The van der Waals surface area contributed by atoms with E-state index in [1.54, 1.807) is 5.56 Å². The third-order valence-corrected chi connectivity index (χ3v) is 11.2. The van der Waals surface area contributed by atoms with E-state index in [-0.39, 0.29) is 24.3 Å². The molecule has 0 bridgehead atoms. The molecule has 0 saturated carbocycles. The van der Waals surface area contributed by atoms with Gasteiger partial charge >= 0.3 is 0 Å². The van der Waals surface area contributed by atoms with Crippen molar-refractivity contribution < 1.29 is 14.8 Å². The number of allylic oxidation sites excluding steroid dienone is 1. The third-order valence-electron chi connectivity index (χ3n) is 11.2. The summed E-state index contributed by atoms with van der Waals surface area (Å²) in [4.78, 5) is 0. The molecule has 2 saturated heterocycles. The average molecular weight is 625 g/mol. The van der Waals surface area contributed by atoms with Gasteiger partial charge in [0, 0.05) is 35.3 Å². The first-order valence-electron chi connectivity index (χ1n) is 19.6. The summed E-state index contributed by atoms with van der Waals surface area (Å²) in [6, 6.07) is 4.32. The summed E-state index contributed by atoms with van der Waals surface area (Å²) in [6.07, 6.45) is 38.9. The smallest absolute Gasteiger partial charge is 0.194 e. The van der Waals surface area contributed by atoms with Crippen LogP contribution in [0.5, 0.6) is 0 Å². The Bertz CT molecular complexity index is 981. The molecule has 256 valence electrons. The average Bonchev–Trinajstić information content (AvgIpc) is 3.51. The number of aliphatic hydroxyl groups excluding tert-OH is 2. The second-order valence-corrected chi connectivity index (χ2v) is 15.1. The number of nitrogens with one attached hydrogen (secondary N) is 2. The van der Waals surface area contributed by atoms with Crippen LogP contribution < -0.4 is 15.2 Å². The van der Waals surface area contributed by atoms with E-state index >= 15 is 0 Å². The molecule has 2 fully saturated rings. The molecule has 3 aliphatic heterocycles. The molecule has 0 radical (unpaired) electrons. The van der Waals surface area contributed by atoms with Crippen LogP contribution in [0.25, 0.3) is 6.20 Å². The van der Waals surface area contributed by atoms with Crippen LogP contribution >= 0.6 is 0 Å². The molecule has 0 aliphatic carbocycles. The molecule has 3 aliphatic rings. The van der Waals surface area contributed by atoms with Gasteiger partial charge in [0.2, 0.25) is 0 Å². The van der Waals surface area contributed by atoms with E-state index in [1.807, 2.05) is 0 Å². The van der Waals surface area contributed by atoms with E-state index in [0.717, 1.165) is 32.1 Å². The van der Waals surface area contributed by atoms with Gasteiger partial charge in [0.05, 0.1) is 18.6 Å². The van der Waals surface area contributed by atoms with Crippen molar-refractivity contribution in [1.82, 2.24) is 10.6 Å². The maximum Gasteiger partial charge on any atom is 0.194 e. The number of nitrogens with zero attached hydrogens (tertiary/aromatic N) is 1. The van der Waals surface area contributed by atoms with Gasteiger partial charge in [-0.05, 0) is 90.2 Å². The summed E-state index contributed by atoms with van der Waals surface area (Å²) in [5.41, 5.74) is 4.67. The van der Waals surface area contributed by atoms with Crippen LogP contribution in [0.3, 0.4) is 0 Å². The number of piperidine rings is 2. The lowest BCUT2D eigenvalue weighted by atomic mass is 9.93. The second kappa shape index (κ2) is 20.9. The van der Waals surface area contributed by atoms with Gasteiger partial charge in [-0.3, -0.25) is 0 Å². The highest BCUT2D eigenvalue weighted by Crippen LogP contribution is 2.22. The number of hydrogen-bond donors (Lipinski definition) is 4. The molecule has 1 aromatic rings. The zero-order chi connectivity index (χ0) is 31.7. The number of aliphatic hydroxyl groups is 2. The molecule has 0 unspecified atom stereocenters. The van der Waals surface area contributed by atoms with Crippen molar-refractivity contribution in [2.45, 2.75) is 211 Å². The van der Waals surface area contributed by atoms with Crippen LogP contribution in [-0.2, 0) is 19.3 Å². The van der Waals surface area contributed by atoms with Gasteiger partial charge in [-0.1, -0.05) is 89.9 Å². The number of aromatic nitrogens is 1. The Morgan fingerprint density at radius 2 is 1.09 bits per heavy atom. The molecule has 0 spiro atoms. The van der Waals surface area contributed by atoms with Crippen molar-refractivity contribution in [3.05, 3.63) is 35.2 Å². The second-order valence-electron chi connectivity index (χ2n) is 15.1. The Kier molecular flexibility index (Phi) is 16.9. The topological polar surface area (TPSA) is 68.4 Å². The molecular weight excluding hydrogens is 554 g/mol. The molecule has 4 heterocycles. The lowest BCUT2D eigenvalue weighted by Gasteiger charge is -2.32. The fourth-order valence-corrected chi connectivity index (χ4v) is 8.15. The van der Waals surface area contributed by atoms with Gasteiger partial charge in [-0.2, -0.15) is 4.57 Å². The lowest BCUT2D eigenvalue weighted by Crippen LogP contribution is -2.48. The van der Waals surface area contributed by atoms with Gasteiger partial charge < -0.3 is 20.8 Å². The van der Waals surface area contributed by atoms with E-state index in [2.05, 4.69) is 53.6 Å². The summed E-state index contributed by atoms with van der Waals surface area (Å²) >= 11 is 0. The minimum absolute atomic E-state index is 0.149. The summed E-state index contributed by atoms with van der Waals surface area (Å²) in [5.74, 6) is 0. The highest BCUT2D eigenvalue weighted by Gasteiger charge is 2.25. The number of aryl methyl sites for hydroxylation is 2. The fourth-order valence-electron chi connectivity index (χ4n) is 8.15. The summed E-state index contributed by atoms with van der Waals surface area (Å²) < 4.78 is 2.42. The summed E-state index contributed by atoms with van der Waals surface area (Å²) in [6.45, 7) is 4.24. The number of hydrogen-bond acceptors (Lipinski definition) is 4. The standard InChI is InChI=1S/C40H70N3O2/c1-32-39(44)27-25-36(41-32)22-17-13-9-5-3-7-11-15-20-34-30-35(38-24-19-29-43(38)31-34)21-16-12-8-4-6-10-14-18-23-37-26-28-40(45)33(2)42-37/h19,29-33,36-37,39-42,44-45H,3-18,20-28H2,1-2H3/q+1/t32-,33-,36+,37+,39-,40-/m0/s1. The molecule has 4 rings (SSSR count). The Balaban J connectivity index is 0.984. The number of pyridine rings is 1. The number of unbranched alkanes of at least 4 members (excludes halogenated alkanes) is 14. The SMILES string of the molecule is C[C@@H]1N[C@H](CCCCCCCCCCc2cc(CCCCCCCCCC[C@@H]3CC[C@H](O)[C@H](C)N3)c3[n+](c2)C=CC3)CC[C@@H]1O. The van der Waals surface area contributed by atoms with Crippen molar-refractivity contribution in [3.63, 3.8) is 0 Å². The normalized spacial score (nSPS) is 26.4. The molecule has 0 aromatic carbocycles. The van der Waals surface area contributed by atoms with E-state index < -0.39 is 0 Å². The van der Waals surface area contributed by atoms with Crippen LogP contribution in [-0.4, -0.2) is 46.6 Å². The van der Waals surface area contributed by atoms with E-state index in [4.69, 9.17) is 0 Å². The molecule has 1 aromatic heterocycles. The van der Waals surface area contributed by atoms with Crippen molar-refractivity contribution in [3.8, 4) is 0 Å². The van der Waals surface area contributed by atoms with Crippen molar-refractivity contribution in [2.75, 3.05) is 0 Å². The first kappa shape index (κ1) is 36.6. The van der Waals surface area contributed by atoms with Crippen molar-refractivity contribution in [2.24, 2.45) is 0 Å². The van der Waals surface area contributed by atoms with Crippen LogP contribution in [0.2, 0.25) is 0 Å². The Hall–Kier alpha value is -1.27. The van der Waals surface area contributed by atoms with Crippen LogP contribution in [0.15, 0.2) is 18.3 Å². The maximum absolute atomic E-state index is 9.88. The lowest BCUT2D eigenvalue weighted by molar-refractivity contribution is -0.572. The predicted octanol–water partition coefficient (Wildman–Crippen LogP) is 8.11. The number of fused-ring (bicyclic) bond motifs is 1. The van der Waals surface area contributed by atoms with Gasteiger partial charge in [-0.25, -0.2) is 0 Å². The van der Waals surface area contributed by atoms with E-state index in [1.165, 1.54) is 140 Å². The zero-order valence-electron chi connectivity index (χ0n) is 29.3. The fraction of sp³-hybridized carbons (Fsp3) is 0.825. The summed E-state index contributed by atoms with van der Waals surface area (Å²) in [7, 11) is 0. The van der Waals surface area contributed by atoms with E-state index in [9.17, 15) is 10.2 Å². The van der Waals surface area contributed by atoms with E-state index in [0.29, 0.717) is 12.1 Å². The van der Waals surface area contributed by atoms with Gasteiger partial charge in [-0.15, -0.1) is 0 Å². The first-order chi connectivity index (χ1) is 22.0. The zero-order valence-corrected chi connectivity index (χ0v) is 29.3. The largest absolute Gasteiger partial charge is 0.392 e. The molecule has 0 amide bonds. The Labute approximate surface area is 277 Å². The molecule has 5 nitrogen and oxygen atoms in total. The van der Waals surface area contributed by atoms with Gasteiger partial charge in [0.25, 0.3) is 0 Å². The molecular formula is C40H70N3O2+. The van der Waals surface area contributed by atoms with Crippen LogP contribution in [0.4, 0.5) is 0 Å². The molecule has 45 heavy (non-hydrogen) atoms. The summed E-state index contributed by atoms with van der Waals surface area (Å²) in [5, 5.41) is 27.0.